The lowest BCUT2D eigenvalue weighted by molar-refractivity contribution is 0.0223. The third-order valence-electron chi connectivity index (χ3n) is 6.19. The summed E-state index contributed by atoms with van der Waals surface area (Å²) < 4.78 is 25.5. The minimum Gasteiger partial charge on any atom is -0.448 e. The highest BCUT2D eigenvalue weighted by Gasteiger charge is 2.35. The molecule has 2 amide bonds. The Morgan fingerprint density at radius 1 is 1.26 bits per heavy atom. The van der Waals surface area contributed by atoms with Crippen LogP contribution in [0, 0.1) is 23.1 Å². The molecular weight excluding hydrogens is 457 g/mol. The number of nitrogens with two attached hydrogens (primary N) is 1. The van der Waals surface area contributed by atoms with Gasteiger partial charge in [0.2, 0.25) is 0 Å². The number of benzene rings is 1. The normalized spacial score (nSPS) is 20.7. The van der Waals surface area contributed by atoms with Crippen molar-refractivity contribution in [3.8, 4) is 6.07 Å². The van der Waals surface area contributed by atoms with E-state index in [2.05, 4.69) is 21.4 Å². The molecule has 1 aromatic heterocycles. The fraction of sp³-hybridized carbons (Fsp3) is 0.478. The van der Waals surface area contributed by atoms with Crippen molar-refractivity contribution in [1.29, 1.82) is 5.26 Å². The summed E-state index contributed by atoms with van der Waals surface area (Å²) >= 11 is 0. The minimum atomic E-state index is -0.704. The molecule has 1 unspecified atom stereocenters. The number of carbonyl (C=O) groups is 2. The summed E-state index contributed by atoms with van der Waals surface area (Å²) in [6.07, 6.45) is 1.45. The molecule has 0 aliphatic carbocycles. The molecule has 2 aliphatic rings. The van der Waals surface area contributed by atoms with E-state index in [9.17, 15) is 19.2 Å². The Labute approximate surface area is 202 Å². The van der Waals surface area contributed by atoms with Crippen LogP contribution in [0.25, 0.3) is 0 Å². The number of ether oxygens (including phenoxy) is 2. The average Bonchev–Trinajstić information content (AvgIpc) is 3.29. The molecule has 0 saturated carbocycles. The third kappa shape index (κ3) is 6.06. The number of carbonyl (C=O) groups excluding carboxylic acids is 2. The maximum Gasteiger partial charge on any atom is 0.409 e. The maximum absolute atomic E-state index is 13.2. The molecule has 4 rings (SSSR count). The number of hydrogen-bond donors (Lipinski definition) is 2. The summed E-state index contributed by atoms with van der Waals surface area (Å²) in [5, 5.41) is 17.1. The number of nitrogens with one attached hydrogen (secondary N) is 1. The van der Waals surface area contributed by atoms with Crippen LogP contribution in [-0.2, 0) is 9.47 Å². The largest absolute Gasteiger partial charge is 0.448 e. The number of anilines is 2. The van der Waals surface area contributed by atoms with Gasteiger partial charge < -0.3 is 25.4 Å². The average molecular weight is 486 g/mol. The summed E-state index contributed by atoms with van der Waals surface area (Å²) in [7, 11) is 0. The Hall–Kier alpha value is -3.69. The molecule has 3 heterocycles. The van der Waals surface area contributed by atoms with Crippen molar-refractivity contribution >= 4 is 23.5 Å². The van der Waals surface area contributed by atoms with Crippen LogP contribution in [0.2, 0.25) is 0 Å². The Balaban J connectivity index is 1.44. The van der Waals surface area contributed by atoms with Crippen molar-refractivity contribution < 1.29 is 23.5 Å². The van der Waals surface area contributed by atoms with E-state index in [1.165, 1.54) is 35.1 Å². The summed E-state index contributed by atoms with van der Waals surface area (Å²) in [6.45, 7) is 4.44. The van der Waals surface area contributed by atoms with E-state index in [1.54, 1.807) is 4.90 Å². The summed E-state index contributed by atoms with van der Waals surface area (Å²) in [4.78, 5) is 28.5. The number of piperidine rings is 1. The molecule has 12 heteroatoms. The zero-order valence-electron chi connectivity index (χ0n) is 19.2. The zero-order valence-corrected chi connectivity index (χ0v) is 19.2. The standard InChI is InChI=1S/C23H28FN7O4/c24-17-1-3-18(4-2-17)27-22-19(21(26)32)14-31(28-22)20-15-30(6-5-16(20)13-25)23(33)35-12-9-29-7-10-34-11-8-29/h1-4,14,16,20H,5-12,15H2,(H2,26,32)(H,27,28)/t16?,20-/m1/s1. The first-order valence-corrected chi connectivity index (χ1v) is 11.5. The molecule has 35 heavy (non-hydrogen) atoms. The fourth-order valence-corrected chi connectivity index (χ4v) is 4.20. The quantitative estimate of drug-likeness (QED) is 0.604. The number of aromatic nitrogens is 2. The van der Waals surface area contributed by atoms with E-state index < -0.39 is 29.8 Å². The Morgan fingerprint density at radius 2 is 2.00 bits per heavy atom. The number of rotatable bonds is 7. The van der Waals surface area contributed by atoms with Crippen LogP contribution in [0.4, 0.5) is 20.7 Å². The third-order valence-corrected chi connectivity index (χ3v) is 6.19. The SMILES string of the molecule is N#CC1CCN(C(=O)OCCN2CCOCC2)C[C@H]1n1cc(C(N)=O)c(Nc2ccc(F)cc2)n1. The second-order valence-electron chi connectivity index (χ2n) is 8.47. The lowest BCUT2D eigenvalue weighted by atomic mass is 9.93. The van der Waals surface area contributed by atoms with Crippen LogP contribution >= 0.6 is 0 Å². The van der Waals surface area contributed by atoms with E-state index in [0.717, 1.165) is 13.1 Å². The fourth-order valence-electron chi connectivity index (χ4n) is 4.20. The smallest absolute Gasteiger partial charge is 0.409 e. The van der Waals surface area contributed by atoms with Crippen molar-refractivity contribution in [2.24, 2.45) is 11.7 Å². The van der Waals surface area contributed by atoms with Crippen LogP contribution in [0.5, 0.6) is 0 Å². The molecule has 0 radical (unpaired) electrons. The number of primary amides is 1. The second kappa shape index (κ2) is 11.2. The van der Waals surface area contributed by atoms with Crippen LogP contribution in [0.15, 0.2) is 30.5 Å². The topological polar surface area (TPSA) is 139 Å². The number of nitrogens with zero attached hydrogens (tertiary/aromatic N) is 5. The van der Waals surface area contributed by atoms with Crippen LogP contribution in [-0.4, -0.2) is 84.1 Å². The van der Waals surface area contributed by atoms with Crippen molar-refractivity contribution in [2.75, 3.05) is 57.9 Å². The monoisotopic (exact) mass is 485 g/mol. The van der Waals surface area contributed by atoms with Gasteiger partial charge in [0.15, 0.2) is 5.82 Å². The highest BCUT2D eigenvalue weighted by atomic mass is 19.1. The van der Waals surface area contributed by atoms with Gasteiger partial charge in [-0.3, -0.25) is 14.4 Å². The lowest BCUT2D eigenvalue weighted by Gasteiger charge is -2.35. The van der Waals surface area contributed by atoms with Crippen molar-refractivity contribution in [2.45, 2.75) is 12.5 Å². The number of likely N-dealkylation sites (tertiary alicyclic amines) is 1. The van der Waals surface area contributed by atoms with Gasteiger partial charge >= 0.3 is 6.09 Å². The minimum absolute atomic E-state index is 0.122. The molecule has 1 aromatic carbocycles. The van der Waals surface area contributed by atoms with E-state index in [0.29, 0.717) is 38.4 Å². The van der Waals surface area contributed by atoms with Crippen LogP contribution in [0.1, 0.15) is 22.8 Å². The van der Waals surface area contributed by atoms with Crippen LogP contribution in [0.3, 0.4) is 0 Å². The molecule has 186 valence electrons. The van der Waals surface area contributed by atoms with E-state index >= 15 is 0 Å². The van der Waals surface area contributed by atoms with Crippen molar-refractivity contribution in [1.82, 2.24) is 19.6 Å². The molecule has 2 aliphatic heterocycles. The molecule has 0 spiro atoms. The van der Waals surface area contributed by atoms with Crippen molar-refractivity contribution in [3.63, 3.8) is 0 Å². The first kappa shape index (κ1) is 24.4. The molecule has 2 fully saturated rings. The van der Waals surface area contributed by atoms with E-state index in [-0.39, 0.29) is 24.5 Å². The first-order valence-electron chi connectivity index (χ1n) is 11.5. The van der Waals surface area contributed by atoms with Gasteiger partial charge in [-0.05, 0) is 30.7 Å². The van der Waals surface area contributed by atoms with Gasteiger partial charge in [0.1, 0.15) is 18.0 Å². The molecule has 2 aromatic rings. The second-order valence-corrected chi connectivity index (χ2v) is 8.47. The molecule has 0 bridgehead atoms. The highest BCUT2D eigenvalue weighted by molar-refractivity contribution is 5.98. The first-order chi connectivity index (χ1) is 16.9. The van der Waals surface area contributed by atoms with Gasteiger partial charge in [0.05, 0.1) is 31.2 Å². The number of morpholine rings is 1. The summed E-state index contributed by atoms with van der Waals surface area (Å²) in [5.74, 6) is -1.34. The molecule has 11 nitrogen and oxygen atoms in total. The van der Waals surface area contributed by atoms with Gasteiger partial charge in [-0.25, -0.2) is 9.18 Å². The van der Waals surface area contributed by atoms with Crippen LogP contribution < -0.4 is 11.1 Å². The van der Waals surface area contributed by atoms with Gasteiger partial charge in [-0.2, -0.15) is 10.4 Å². The predicted molar refractivity (Wildman–Crippen MR) is 123 cm³/mol. The van der Waals surface area contributed by atoms with Gasteiger partial charge in [-0.1, -0.05) is 0 Å². The molecule has 2 atom stereocenters. The molecular formula is C23H28FN7O4. The number of amides is 2. The van der Waals surface area contributed by atoms with E-state index in [1.807, 2.05) is 0 Å². The molecule has 2 saturated heterocycles. The zero-order chi connectivity index (χ0) is 24.8. The summed E-state index contributed by atoms with van der Waals surface area (Å²) in [6, 6.07) is 7.34. The maximum atomic E-state index is 13.2. The molecule has 3 N–H and O–H groups in total. The number of halogens is 1. The number of nitriles is 1. The Kier molecular flexibility index (Phi) is 7.79. The Morgan fingerprint density at radius 3 is 2.69 bits per heavy atom. The lowest BCUT2D eigenvalue weighted by Crippen LogP contribution is -2.45. The Bertz CT molecular complexity index is 1080. The van der Waals surface area contributed by atoms with Crippen molar-refractivity contribution in [3.05, 3.63) is 41.8 Å². The van der Waals surface area contributed by atoms with E-state index in [4.69, 9.17) is 15.2 Å². The highest BCUT2D eigenvalue weighted by Crippen LogP contribution is 2.30. The summed E-state index contributed by atoms with van der Waals surface area (Å²) in [5.41, 5.74) is 6.18. The number of hydrogen-bond acceptors (Lipinski definition) is 8. The van der Waals surface area contributed by atoms with Gasteiger partial charge in [-0.15, -0.1) is 0 Å². The predicted octanol–water partition coefficient (Wildman–Crippen LogP) is 1.72. The van der Waals surface area contributed by atoms with Gasteiger partial charge in [0.25, 0.3) is 5.91 Å². The van der Waals surface area contributed by atoms with Gasteiger partial charge in [0, 0.05) is 44.6 Å².